The van der Waals surface area contributed by atoms with E-state index in [1.54, 1.807) is 22.7 Å². The van der Waals surface area contributed by atoms with E-state index in [9.17, 15) is 0 Å². The summed E-state index contributed by atoms with van der Waals surface area (Å²) in [6.07, 6.45) is 1.09. The Kier molecular flexibility index (Phi) is 6.37. The molecule has 0 saturated carbocycles. The van der Waals surface area contributed by atoms with Crippen molar-refractivity contribution in [3.8, 4) is 5.06 Å². The Labute approximate surface area is 111 Å². The third kappa shape index (κ3) is 4.76. The monoisotopic (exact) mass is 296 g/mol. The van der Waals surface area contributed by atoms with Crippen LogP contribution in [0, 0.1) is 6.92 Å². The van der Waals surface area contributed by atoms with Crippen molar-refractivity contribution in [3.63, 3.8) is 0 Å². The second-order valence-corrected chi connectivity index (χ2v) is 10.5. The van der Waals surface area contributed by atoms with Crippen molar-refractivity contribution in [3.05, 3.63) is 17.0 Å². The van der Waals surface area contributed by atoms with E-state index in [0.29, 0.717) is 6.61 Å². The SMILES string of the molecule is CCCSP(=S)(OCC)Oc1cc(C)cs1. The van der Waals surface area contributed by atoms with Gasteiger partial charge in [-0.05, 0) is 49.1 Å². The fraction of sp³-hybridized carbons (Fsp3) is 0.600. The average Bonchev–Trinajstić information content (AvgIpc) is 2.61. The lowest BCUT2D eigenvalue weighted by molar-refractivity contribution is 0.346. The van der Waals surface area contributed by atoms with E-state index < -0.39 is 5.69 Å². The molecule has 1 aromatic rings. The van der Waals surface area contributed by atoms with Crippen LogP contribution in [-0.2, 0) is 16.3 Å². The maximum absolute atomic E-state index is 5.85. The van der Waals surface area contributed by atoms with Crippen molar-refractivity contribution >= 4 is 40.2 Å². The zero-order valence-corrected chi connectivity index (χ0v) is 13.1. The largest absolute Gasteiger partial charge is 0.426 e. The minimum atomic E-state index is -2.18. The molecule has 0 aliphatic carbocycles. The van der Waals surface area contributed by atoms with E-state index in [1.807, 2.05) is 19.9 Å². The number of thiophene rings is 1. The van der Waals surface area contributed by atoms with Gasteiger partial charge in [-0.3, -0.25) is 0 Å². The number of rotatable bonds is 7. The summed E-state index contributed by atoms with van der Waals surface area (Å²) in [4.78, 5) is 0. The highest BCUT2D eigenvalue weighted by Gasteiger charge is 2.21. The van der Waals surface area contributed by atoms with Crippen LogP contribution >= 0.6 is 28.4 Å². The summed E-state index contributed by atoms with van der Waals surface area (Å²) in [5.74, 6) is 0.988. The average molecular weight is 296 g/mol. The summed E-state index contributed by atoms with van der Waals surface area (Å²) in [5, 5.41) is 2.93. The van der Waals surface area contributed by atoms with E-state index >= 15 is 0 Å². The Morgan fingerprint density at radius 1 is 1.50 bits per heavy atom. The molecule has 1 heterocycles. The van der Waals surface area contributed by atoms with Gasteiger partial charge < -0.3 is 9.05 Å². The fourth-order valence-corrected chi connectivity index (χ4v) is 6.97. The summed E-state index contributed by atoms with van der Waals surface area (Å²) >= 11 is 8.72. The molecule has 0 aliphatic heterocycles. The normalized spacial score (nSPS) is 14.7. The molecule has 0 bridgehead atoms. The van der Waals surface area contributed by atoms with Gasteiger partial charge in [0.15, 0.2) is 5.06 Å². The van der Waals surface area contributed by atoms with Crippen LogP contribution in [0.2, 0.25) is 0 Å². The lowest BCUT2D eigenvalue weighted by Crippen LogP contribution is -1.94. The van der Waals surface area contributed by atoms with E-state index in [2.05, 4.69) is 12.3 Å². The third-order valence-electron chi connectivity index (χ3n) is 1.65. The van der Waals surface area contributed by atoms with E-state index in [-0.39, 0.29) is 0 Å². The summed E-state index contributed by atoms with van der Waals surface area (Å²) in [6, 6.07) is 2.01. The highest BCUT2D eigenvalue weighted by atomic mass is 32.9. The Hall–Kier alpha value is 0.460. The zero-order chi connectivity index (χ0) is 12.0. The Balaban J connectivity index is 2.66. The zero-order valence-electron chi connectivity index (χ0n) is 9.76. The molecule has 0 N–H and O–H groups in total. The summed E-state index contributed by atoms with van der Waals surface area (Å²) in [7, 11) is 0. The minimum absolute atomic E-state index is 0.609. The molecule has 0 aliphatic rings. The molecule has 0 fully saturated rings. The molecule has 2 nitrogen and oxygen atoms in total. The van der Waals surface area contributed by atoms with Crippen LogP contribution in [0.5, 0.6) is 5.06 Å². The molecule has 0 saturated heterocycles. The molecule has 1 aromatic heterocycles. The van der Waals surface area contributed by atoms with Crippen LogP contribution in [0.25, 0.3) is 0 Å². The van der Waals surface area contributed by atoms with Gasteiger partial charge in [0.05, 0.1) is 6.61 Å². The standard InChI is InChI=1S/C10H17O2PS3/c1-4-6-16-13(14,11-5-2)12-10-7-9(3)8-15-10/h7-8H,4-6H2,1-3H3. The molecule has 1 unspecified atom stereocenters. The van der Waals surface area contributed by atoms with Crippen molar-refractivity contribution in [1.82, 2.24) is 0 Å². The molecule has 0 spiro atoms. The van der Waals surface area contributed by atoms with Crippen LogP contribution in [0.1, 0.15) is 25.8 Å². The van der Waals surface area contributed by atoms with Crippen LogP contribution in [0.15, 0.2) is 11.4 Å². The Morgan fingerprint density at radius 2 is 2.25 bits per heavy atom. The summed E-state index contributed by atoms with van der Waals surface area (Å²) in [5.41, 5.74) is -0.977. The Morgan fingerprint density at radius 3 is 2.75 bits per heavy atom. The van der Waals surface area contributed by atoms with Crippen molar-refractivity contribution in [2.75, 3.05) is 12.4 Å². The molecule has 1 rings (SSSR count). The van der Waals surface area contributed by atoms with Gasteiger partial charge in [0.25, 0.3) is 5.69 Å². The van der Waals surface area contributed by atoms with Gasteiger partial charge in [-0.25, -0.2) is 0 Å². The van der Waals surface area contributed by atoms with Gasteiger partial charge in [-0.15, -0.1) is 11.3 Å². The van der Waals surface area contributed by atoms with E-state index in [0.717, 1.165) is 17.2 Å². The van der Waals surface area contributed by atoms with Crippen LogP contribution < -0.4 is 4.52 Å². The highest BCUT2D eigenvalue weighted by molar-refractivity contribution is 8.68. The molecule has 92 valence electrons. The molecule has 0 aromatic carbocycles. The lowest BCUT2D eigenvalue weighted by Gasteiger charge is -2.20. The van der Waals surface area contributed by atoms with Gasteiger partial charge in [-0.1, -0.05) is 18.3 Å². The van der Waals surface area contributed by atoms with Crippen LogP contribution in [0.3, 0.4) is 0 Å². The van der Waals surface area contributed by atoms with Crippen LogP contribution in [-0.4, -0.2) is 12.4 Å². The smallest absolute Gasteiger partial charge is 0.298 e. The maximum Gasteiger partial charge on any atom is 0.298 e. The first-order valence-corrected chi connectivity index (χ1v) is 10.3. The molecular formula is C10H17O2PS3. The second-order valence-electron chi connectivity index (χ2n) is 3.23. The highest BCUT2D eigenvalue weighted by Crippen LogP contribution is 2.61. The number of hydrogen-bond acceptors (Lipinski definition) is 5. The lowest BCUT2D eigenvalue weighted by atomic mass is 10.4. The third-order valence-corrected chi connectivity index (χ3v) is 8.12. The predicted octanol–water partition coefficient (Wildman–Crippen LogP) is 4.84. The first kappa shape index (κ1) is 14.5. The molecule has 1 atom stereocenters. The van der Waals surface area contributed by atoms with Crippen molar-refractivity contribution < 1.29 is 9.05 Å². The fourth-order valence-electron chi connectivity index (χ4n) is 1.01. The van der Waals surface area contributed by atoms with Gasteiger partial charge >= 0.3 is 0 Å². The molecule has 0 radical (unpaired) electrons. The van der Waals surface area contributed by atoms with Gasteiger partial charge in [0, 0.05) is 5.75 Å². The quantitative estimate of drug-likeness (QED) is 0.670. The van der Waals surface area contributed by atoms with Crippen molar-refractivity contribution in [1.29, 1.82) is 0 Å². The van der Waals surface area contributed by atoms with Crippen molar-refractivity contribution in [2.45, 2.75) is 27.2 Å². The van der Waals surface area contributed by atoms with Crippen molar-refractivity contribution in [2.24, 2.45) is 0 Å². The maximum atomic E-state index is 5.85. The number of hydrogen-bond donors (Lipinski definition) is 0. The predicted molar refractivity (Wildman–Crippen MR) is 78.3 cm³/mol. The molecule has 0 amide bonds. The van der Waals surface area contributed by atoms with Gasteiger partial charge in [0.2, 0.25) is 0 Å². The van der Waals surface area contributed by atoms with E-state index in [4.69, 9.17) is 20.9 Å². The first-order valence-electron chi connectivity index (χ1n) is 5.23. The summed E-state index contributed by atoms with van der Waals surface area (Å²) < 4.78 is 11.5. The summed E-state index contributed by atoms with van der Waals surface area (Å²) in [6.45, 7) is 6.75. The first-order chi connectivity index (χ1) is 7.59. The second kappa shape index (κ2) is 7.02. The molecular weight excluding hydrogens is 279 g/mol. The van der Waals surface area contributed by atoms with Gasteiger partial charge in [0.1, 0.15) is 0 Å². The minimum Gasteiger partial charge on any atom is -0.426 e. The molecule has 6 heteroatoms. The van der Waals surface area contributed by atoms with Gasteiger partial charge in [-0.2, -0.15) is 0 Å². The number of aryl methyl sites for hydroxylation is 1. The van der Waals surface area contributed by atoms with E-state index in [1.165, 1.54) is 5.56 Å². The van der Waals surface area contributed by atoms with Crippen LogP contribution in [0.4, 0.5) is 0 Å². The topological polar surface area (TPSA) is 18.5 Å². The Bertz CT molecular complexity index is 365. The molecule has 16 heavy (non-hydrogen) atoms.